The Kier molecular flexibility index (Phi) is 4.89. The molecule has 0 bridgehead atoms. The van der Waals surface area contributed by atoms with Crippen LogP contribution in [0.1, 0.15) is 34.9 Å². The number of thiophene rings is 1. The summed E-state index contributed by atoms with van der Waals surface area (Å²) in [5.41, 5.74) is 0.964. The van der Waals surface area contributed by atoms with Crippen molar-refractivity contribution >= 4 is 38.7 Å². The molecule has 0 radical (unpaired) electrons. The Morgan fingerprint density at radius 1 is 1.48 bits per heavy atom. The van der Waals surface area contributed by atoms with Crippen LogP contribution in [-0.4, -0.2) is 20.5 Å². The van der Waals surface area contributed by atoms with Crippen molar-refractivity contribution in [3.05, 3.63) is 42.3 Å². The summed E-state index contributed by atoms with van der Waals surface area (Å²) in [6, 6.07) is 1.81. The quantitative estimate of drug-likeness (QED) is 0.441. The van der Waals surface area contributed by atoms with E-state index >= 15 is 0 Å². The summed E-state index contributed by atoms with van der Waals surface area (Å²) in [4.78, 5) is 23.7. The summed E-state index contributed by atoms with van der Waals surface area (Å²) in [5, 5.41) is 17.3. The van der Waals surface area contributed by atoms with E-state index in [9.17, 15) is 14.9 Å². The van der Waals surface area contributed by atoms with Crippen LogP contribution in [-0.2, 0) is 19.4 Å². The average molecular weight is 372 g/mol. The number of Topliss-reactive ketones (excluding diaryl/α,β-unsaturated/α-hetero) is 1. The van der Waals surface area contributed by atoms with Crippen molar-refractivity contribution in [1.29, 1.82) is 0 Å². The molecule has 112 valence electrons. The van der Waals surface area contributed by atoms with Crippen LogP contribution in [0.5, 0.6) is 0 Å². The standard InChI is InChI=1S/C13H14BrN3O3S/c1-3-9-12(17(19)20)10(4-2)16(15-9)7-11(18)13-8(14)5-6-21-13/h5-6H,3-4,7H2,1-2H3. The van der Waals surface area contributed by atoms with Gasteiger partial charge in [0.05, 0.1) is 9.80 Å². The van der Waals surface area contributed by atoms with Crippen molar-refractivity contribution < 1.29 is 9.72 Å². The zero-order valence-electron chi connectivity index (χ0n) is 11.6. The second-order valence-electron chi connectivity index (χ2n) is 4.38. The van der Waals surface area contributed by atoms with E-state index in [1.165, 1.54) is 16.0 Å². The maximum atomic E-state index is 12.3. The molecule has 0 saturated carbocycles. The normalized spacial score (nSPS) is 10.8. The summed E-state index contributed by atoms with van der Waals surface area (Å²) in [7, 11) is 0. The molecule has 0 spiro atoms. The average Bonchev–Trinajstić information content (AvgIpc) is 3.01. The molecule has 0 aliphatic heterocycles. The maximum Gasteiger partial charge on any atom is 0.313 e. The molecule has 2 rings (SSSR count). The van der Waals surface area contributed by atoms with E-state index in [1.807, 2.05) is 25.3 Å². The van der Waals surface area contributed by atoms with Gasteiger partial charge >= 0.3 is 5.69 Å². The second-order valence-corrected chi connectivity index (χ2v) is 6.16. The number of carbonyl (C=O) groups excluding carboxylic acids is 1. The first kappa shape index (κ1) is 15.8. The molecule has 2 heterocycles. The van der Waals surface area contributed by atoms with Crippen LogP contribution in [0, 0.1) is 10.1 Å². The van der Waals surface area contributed by atoms with E-state index in [1.54, 1.807) is 0 Å². The number of rotatable bonds is 6. The number of nitro groups is 1. The van der Waals surface area contributed by atoms with Gasteiger partial charge < -0.3 is 0 Å². The first-order valence-electron chi connectivity index (χ1n) is 6.48. The molecule has 0 atom stereocenters. The van der Waals surface area contributed by atoms with E-state index in [2.05, 4.69) is 21.0 Å². The molecule has 8 heteroatoms. The Morgan fingerprint density at radius 2 is 2.19 bits per heavy atom. The fourth-order valence-corrected chi connectivity index (χ4v) is 3.70. The third-order valence-electron chi connectivity index (χ3n) is 3.12. The van der Waals surface area contributed by atoms with E-state index in [-0.39, 0.29) is 18.0 Å². The Hall–Kier alpha value is -1.54. The van der Waals surface area contributed by atoms with Gasteiger partial charge in [-0.25, -0.2) is 0 Å². The van der Waals surface area contributed by atoms with Gasteiger partial charge in [-0.3, -0.25) is 19.6 Å². The van der Waals surface area contributed by atoms with Crippen LogP contribution in [0.4, 0.5) is 5.69 Å². The monoisotopic (exact) mass is 371 g/mol. The molecule has 0 saturated heterocycles. The van der Waals surface area contributed by atoms with Crippen LogP contribution in [0.3, 0.4) is 0 Å². The number of aromatic nitrogens is 2. The summed E-state index contributed by atoms with van der Waals surface area (Å²) in [5.74, 6) is -0.105. The van der Waals surface area contributed by atoms with Crippen molar-refractivity contribution in [3.63, 3.8) is 0 Å². The number of nitrogens with zero attached hydrogens (tertiary/aromatic N) is 3. The number of carbonyl (C=O) groups is 1. The van der Waals surface area contributed by atoms with Crippen LogP contribution >= 0.6 is 27.3 Å². The highest BCUT2D eigenvalue weighted by atomic mass is 79.9. The van der Waals surface area contributed by atoms with Crippen molar-refractivity contribution in [2.24, 2.45) is 0 Å². The van der Waals surface area contributed by atoms with Crippen molar-refractivity contribution in [2.45, 2.75) is 33.2 Å². The first-order chi connectivity index (χ1) is 9.99. The lowest BCUT2D eigenvalue weighted by Crippen LogP contribution is -2.13. The van der Waals surface area contributed by atoms with E-state index in [4.69, 9.17) is 0 Å². The molecule has 0 fully saturated rings. The Balaban J connectivity index is 2.38. The fourth-order valence-electron chi connectivity index (χ4n) is 2.17. The highest BCUT2D eigenvalue weighted by Crippen LogP contribution is 2.27. The smallest absolute Gasteiger partial charge is 0.291 e. The Bertz CT molecular complexity index is 693. The van der Waals surface area contributed by atoms with Gasteiger partial charge in [0.15, 0.2) is 5.78 Å². The topological polar surface area (TPSA) is 78.0 Å². The second kappa shape index (κ2) is 6.48. The SMILES string of the molecule is CCc1nn(CC(=O)c2sccc2Br)c(CC)c1[N+](=O)[O-]. The third kappa shape index (κ3) is 3.06. The third-order valence-corrected chi connectivity index (χ3v) is 4.99. The molecular formula is C13H14BrN3O3S. The van der Waals surface area contributed by atoms with Crippen LogP contribution in [0.25, 0.3) is 0 Å². The van der Waals surface area contributed by atoms with Gasteiger partial charge in [0.25, 0.3) is 0 Å². The lowest BCUT2D eigenvalue weighted by molar-refractivity contribution is -0.386. The van der Waals surface area contributed by atoms with Gasteiger partial charge in [-0.1, -0.05) is 13.8 Å². The predicted octanol–water partition coefficient (Wildman–Crippen LogP) is 3.62. The molecule has 2 aromatic rings. The van der Waals surface area contributed by atoms with E-state index in [0.717, 1.165) is 4.47 Å². The minimum Gasteiger partial charge on any atom is -0.291 e. The molecule has 2 aromatic heterocycles. The molecule has 21 heavy (non-hydrogen) atoms. The van der Waals surface area contributed by atoms with Crippen LogP contribution < -0.4 is 0 Å². The van der Waals surface area contributed by atoms with Crippen LogP contribution in [0.2, 0.25) is 0 Å². The van der Waals surface area contributed by atoms with Crippen molar-refractivity contribution in [2.75, 3.05) is 0 Å². The minimum atomic E-state index is -0.410. The first-order valence-corrected chi connectivity index (χ1v) is 8.15. The van der Waals surface area contributed by atoms with Crippen LogP contribution in [0.15, 0.2) is 15.9 Å². The lowest BCUT2D eigenvalue weighted by Gasteiger charge is -2.03. The molecule has 6 nitrogen and oxygen atoms in total. The zero-order valence-corrected chi connectivity index (χ0v) is 14.0. The lowest BCUT2D eigenvalue weighted by atomic mass is 10.2. The Labute approximate surface area is 134 Å². The number of halogens is 1. The van der Waals surface area contributed by atoms with Crippen molar-refractivity contribution in [3.8, 4) is 0 Å². The minimum absolute atomic E-state index is 0.0170. The number of hydrogen-bond acceptors (Lipinski definition) is 5. The molecular weight excluding hydrogens is 358 g/mol. The van der Waals surface area contributed by atoms with Gasteiger partial charge in [-0.15, -0.1) is 11.3 Å². The van der Waals surface area contributed by atoms with Gasteiger partial charge in [-0.05, 0) is 40.2 Å². The highest BCUT2D eigenvalue weighted by Gasteiger charge is 2.26. The van der Waals surface area contributed by atoms with Gasteiger partial charge in [-0.2, -0.15) is 5.10 Å². The van der Waals surface area contributed by atoms with E-state index in [0.29, 0.717) is 29.1 Å². The fraction of sp³-hybridized carbons (Fsp3) is 0.385. The van der Waals surface area contributed by atoms with Gasteiger partial charge in [0.1, 0.15) is 17.9 Å². The molecule has 0 amide bonds. The highest BCUT2D eigenvalue weighted by molar-refractivity contribution is 9.10. The molecule has 0 N–H and O–H groups in total. The maximum absolute atomic E-state index is 12.3. The molecule has 0 aromatic carbocycles. The Morgan fingerprint density at radius 3 is 2.67 bits per heavy atom. The number of hydrogen-bond donors (Lipinski definition) is 0. The van der Waals surface area contributed by atoms with E-state index < -0.39 is 4.92 Å². The summed E-state index contributed by atoms with van der Waals surface area (Å²) in [6.45, 7) is 3.66. The number of ketones is 1. The summed E-state index contributed by atoms with van der Waals surface area (Å²) < 4.78 is 2.21. The summed E-state index contributed by atoms with van der Waals surface area (Å²) in [6.07, 6.45) is 0.926. The van der Waals surface area contributed by atoms with Crippen molar-refractivity contribution in [1.82, 2.24) is 9.78 Å². The summed E-state index contributed by atoms with van der Waals surface area (Å²) >= 11 is 4.67. The predicted molar refractivity (Wildman–Crippen MR) is 84.0 cm³/mol. The largest absolute Gasteiger partial charge is 0.313 e. The molecule has 0 aliphatic rings. The van der Waals surface area contributed by atoms with Gasteiger partial charge in [0.2, 0.25) is 0 Å². The van der Waals surface area contributed by atoms with Gasteiger partial charge in [0, 0.05) is 4.47 Å². The molecule has 0 aliphatic carbocycles. The zero-order chi connectivity index (χ0) is 15.6. The number of aryl methyl sites for hydroxylation is 1. The molecule has 0 unspecified atom stereocenters.